The lowest BCUT2D eigenvalue weighted by Crippen LogP contribution is -2.47. The average molecular weight is 939 g/mol. The fourth-order valence-electron chi connectivity index (χ4n) is 9.33. The Hall–Kier alpha value is -5.95. The molecular weight excluding hydrogens is 873 g/mol. The molecule has 1 saturated heterocycles. The highest BCUT2D eigenvalue weighted by Crippen LogP contribution is 2.45. The van der Waals surface area contributed by atoms with E-state index in [0.717, 1.165) is 11.1 Å². The SMILES string of the molecule is CCC1=C(C)c2cc3nc(cc4[nH]c(c5c6[nH]c(cc1n2)c(C)c6C(=O)N(CCN1CCOCC1)C5=O)[C@@H](CCC(=O)OCCO)[C@@H]4C)C(C)=C3C(=O)N(C)CCOCCNC(=O)OC(C)(C)C. The number of hydrogen-bond donors (Lipinski definition) is 4. The van der Waals surface area contributed by atoms with Gasteiger partial charge in [0.25, 0.3) is 17.7 Å². The maximum absolute atomic E-state index is 15.1. The number of carbonyl (C=O) groups excluding carboxylic acids is 5. The van der Waals surface area contributed by atoms with Crippen LogP contribution < -0.4 is 5.32 Å². The molecule has 18 heteroatoms. The highest BCUT2D eigenvalue weighted by Gasteiger charge is 2.41. The normalized spacial score (nSPS) is 18.0. The summed E-state index contributed by atoms with van der Waals surface area (Å²) in [6, 6.07) is 5.67. The standard InChI is InChI=1S/C50H66N8O10/c1-10-32-28(2)34-27-39-41(46(61)56(9)16-21-65-20-13-51-49(64)68-50(6,7)8)30(4)36(53-39)25-35-29(3)33(11-12-40(60)67-24-19-59)44(54-35)43-45-42(31(5)37(55-45)26-38(32)52-34)47(62)58(48(43)63)15-14-57-17-22-66-23-18-57/h25-27,29,33,54-55,59H,10-24H2,1-9H3,(H,51,64)/t29-,33-/m0/s1. The molecule has 2 aromatic rings. The summed E-state index contributed by atoms with van der Waals surface area (Å²) in [4.78, 5) is 91.7. The number of morpholine rings is 1. The lowest BCUT2D eigenvalue weighted by Gasteiger charge is -2.31. The minimum absolute atomic E-state index is 0.00980. The molecule has 0 saturated carbocycles. The van der Waals surface area contributed by atoms with Crippen LogP contribution >= 0.6 is 0 Å². The van der Waals surface area contributed by atoms with E-state index in [9.17, 15) is 24.3 Å². The zero-order valence-corrected chi connectivity index (χ0v) is 40.9. The number of H-pyrrole nitrogens is 2. The van der Waals surface area contributed by atoms with Gasteiger partial charge in [-0.3, -0.25) is 29.0 Å². The van der Waals surface area contributed by atoms with E-state index in [0.29, 0.717) is 112 Å². The predicted molar refractivity (Wildman–Crippen MR) is 256 cm³/mol. The molecule has 2 aromatic heterocycles. The zero-order chi connectivity index (χ0) is 49.0. The van der Waals surface area contributed by atoms with Gasteiger partial charge in [-0.1, -0.05) is 13.8 Å². The number of aliphatic hydroxyl groups excluding tert-OH is 1. The molecule has 2 atom stereocenters. The number of allylic oxidation sites excluding steroid dienone is 3. The molecule has 366 valence electrons. The molecule has 5 aliphatic rings. The summed E-state index contributed by atoms with van der Waals surface area (Å²) in [5.41, 5.74) is 8.32. The Morgan fingerprint density at radius 1 is 0.926 bits per heavy atom. The maximum atomic E-state index is 15.1. The fraction of sp³-hybridized carbons (Fsp3) is 0.540. The Balaban J connectivity index is 1.35. The molecule has 4 amide bonds. The summed E-state index contributed by atoms with van der Waals surface area (Å²) in [6.07, 6.45) is 0.414. The van der Waals surface area contributed by atoms with Gasteiger partial charge in [0, 0.05) is 81.5 Å². The first-order valence-corrected chi connectivity index (χ1v) is 23.6. The molecule has 0 aliphatic carbocycles. The number of fused-ring (bicyclic) bond motifs is 8. The Bertz CT molecular complexity index is 2600. The first kappa shape index (κ1) is 49.9. The summed E-state index contributed by atoms with van der Waals surface area (Å²) in [5.74, 6) is -2.30. The molecule has 18 nitrogen and oxygen atoms in total. The van der Waals surface area contributed by atoms with Crippen LogP contribution in [0, 0.1) is 6.92 Å². The van der Waals surface area contributed by atoms with Crippen LogP contribution in [0.3, 0.4) is 0 Å². The predicted octanol–water partition coefficient (Wildman–Crippen LogP) is 5.75. The first-order chi connectivity index (χ1) is 32.4. The number of carbonyl (C=O) groups is 5. The van der Waals surface area contributed by atoms with Crippen LogP contribution in [0.2, 0.25) is 0 Å². The number of nitrogens with zero attached hydrogens (tertiary/aromatic N) is 5. The number of ether oxygens (including phenoxy) is 4. The van der Waals surface area contributed by atoms with Gasteiger partial charge in [0.15, 0.2) is 0 Å². The van der Waals surface area contributed by atoms with Gasteiger partial charge in [0.05, 0.1) is 78.0 Å². The minimum atomic E-state index is -0.619. The Labute approximate surface area is 397 Å². The molecule has 4 N–H and O–H groups in total. The van der Waals surface area contributed by atoms with E-state index < -0.39 is 29.5 Å². The van der Waals surface area contributed by atoms with E-state index in [-0.39, 0.29) is 76.6 Å². The molecule has 8 bridgehead atoms. The van der Waals surface area contributed by atoms with Gasteiger partial charge in [-0.2, -0.15) is 0 Å². The number of aromatic amines is 2. The lowest BCUT2D eigenvalue weighted by molar-refractivity contribution is -0.144. The average Bonchev–Trinajstić information content (AvgIpc) is 3.98. The maximum Gasteiger partial charge on any atom is 0.407 e. The topological polar surface area (TPSA) is 222 Å². The van der Waals surface area contributed by atoms with Crippen molar-refractivity contribution in [3.8, 4) is 0 Å². The number of aromatic nitrogens is 4. The number of amides is 4. The van der Waals surface area contributed by atoms with Gasteiger partial charge in [-0.15, -0.1) is 0 Å². The van der Waals surface area contributed by atoms with Gasteiger partial charge >= 0.3 is 12.1 Å². The van der Waals surface area contributed by atoms with E-state index >= 15 is 4.79 Å². The number of alkyl carbamates (subject to hydrolysis) is 1. The molecule has 0 aromatic carbocycles. The number of imide groups is 1. The largest absolute Gasteiger partial charge is 0.463 e. The quantitative estimate of drug-likeness (QED) is 0.0896. The fourth-order valence-corrected chi connectivity index (χ4v) is 9.33. The van der Waals surface area contributed by atoms with Crippen molar-refractivity contribution in [2.75, 3.05) is 86.0 Å². The monoisotopic (exact) mass is 938 g/mol. The van der Waals surface area contributed by atoms with Crippen LogP contribution in [-0.2, 0) is 28.5 Å². The van der Waals surface area contributed by atoms with Crippen LogP contribution in [0.4, 0.5) is 4.79 Å². The number of esters is 1. The highest BCUT2D eigenvalue weighted by atomic mass is 16.6. The second-order valence-electron chi connectivity index (χ2n) is 18.8. The van der Waals surface area contributed by atoms with Gasteiger partial charge in [0.1, 0.15) is 12.2 Å². The van der Waals surface area contributed by atoms with Crippen molar-refractivity contribution in [3.63, 3.8) is 0 Å². The van der Waals surface area contributed by atoms with Crippen LogP contribution in [0.5, 0.6) is 0 Å². The van der Waals surface area contributed by atoms with E-state index in [4.69, 9.17) is 28.9 Å². The molecule has 7 rings (SSSR count). The summed E-state index contributed by atoms with van der Waals surface area (Å²) < 4.78 is 21.9. The second kappa shape index (κ2) is 21.1. The number of nitrogens with one attached hydrogen (secondary N) is 3. The Morgan fingerprint density at radius 2 is 1.63 bits per heavy atom. The van der Waals surface area contributed by atoms with Gasteiger partial charge in [0.2, 0.25) is 0 Å². The highest BCUT2D eigenvalue weighted by molar-refractivity contribution is 6.27. The van der Waals surface area contributed by atoms with Crippen molar-refractivity contribution in [2.45, 2.75) is 92.1 Å². The number of aryl methyl sites for hydroxylation is 1. The molecule has 0 unspecified atom stereocenters. The number of aliphatic hydroxyl groups is 1. The third kappa shape index (κ3) is 10.7. The van der Waals surface area contributed by atoms with Crippen molar-refractivity contribution < 1.29 is 48.0 Å². The van der Waals surface area contributed by atoms with Crippen LogP contribution in [-0.4, -0.2) is 161 Å². The number of rotatable bonds is 16. The molecule has 5 aliphatic heterocycles. The molecule has 7 heterocycles. The second-order valence-corrected chi connectivity index (χ2v) is 18.8. The minimum Gasteiger partial charge on any atom is -0.463 e. The van der Waals surface area contributed by atoms with E-state index in [2.05, 4.69) is 27.1 Å². The zero-order valence-electron chi connectivity index (χ0n) is 40.9. The van der Waals surface area contributed by atoms with Gasteiger partial charge < -0.3 is 44.2 Å². The lowest BCUT2D eigenvalue weighted by atomic mass is 9.84. The van der Waals surface area contributed by atoms with Gasteiger partial charge in [-0.25, -0.2) is 14.8 Å². The van der Waals surface area contributed by atoms with Crippen LogP contribution in [0.15, 0.2) is 18.2 Å². The van der Waals surface area contributed by atoms with Crippen LogP contribution in [0.1, 0.15) is 140 Å². The van der Waals surface area contributed by atoms with Crippen molar-refractivity contribution >= 4 is 63.1 Å². The van der Waals surface area contributed by atoms with Crippen molar-refractivity contribution in [1.82, 2.24) is 40.0 Å². The van der Waals surface area contributed by atoms with Crippen LogP contribution in [0.25, 0.3) is 33.3 Å². The number of likely N-dealkylation sites (N-methyl/N-ethyl adjacent to an activating group) is 1. The van der Waals surface area contributed by atoms with E-state index in [1.807, 2.05) is 45.9 Å². The summed E-state index contributed by atoms with van der Waals surface area (Å²) >= 11 is 0. The third-order valence-corrected chi connectivity index (χ3v) is 13.1. The van der Waals surface area contributed by atoms with Crippen molar-refractivity contribution in [2.24, 2.45) is 0 Å². The summed E-state index contributed by atoms with van der Waals surface area (Å²) in [6.45, 7) is 18.9. The van der Waals surface area contributed by atoms with E-state index in [1.54, 1.807) is 32.7 Å². The third-order valence-electron chi connectivity index (χ3n) is 13.1. The molecular formula is C50H66N8O10. The van der Waals surface area contributed by atoms with Gasteiger partial charge in [-0.05, 0) is 94.9 Å². The smallest absolute Gasteiger partial charge is 0.407 e. The Morgan fingerprint density at radius 3 is 2.34 bits per heavy atom. The van der Waals surface area contributed by atoms with Crippen molar-refractivity contribution in [1.29, 1.82) is 0 Å². The molecule has 0 spiro atoms. The number of hydrogen-bond acceptors (Lipinski definition) is 13. The summed E-state index contributed by atoms with van der Waals surface area (Å²) in [7, 11) is 1.70. The Kier molecular flexibility index (Phi) is 15.5. The van der Waals surface area contributed by atoms with Crippen molar-refractivity contribution in [3.05, 3.63) is 69.1 Å². The molecule has 68 heavy (non-hydrogen) atoms. The molecule has 0 radical (unpaired) electrons. The van der Waals surface area contributed by atoms with E-state index in [1.165, 1.54) is 4.90 Å². The first-order valence-electron chi connectivity index (χ1n) is 23.6. The summed E-state index contributed by atoms with van der Waals surface area (Å²) in [5, 5.41) is 12.0. The molecule has 1 fully saturated rings.